The van der Waals surface area contributed by atoms with Crippen LogP contribution in [0.3, 0.4) is 0 Å². The highest BCUT2D eigenvalue weighted by molar-refractivity contribution is 5.39. The zero-order chi connectivity index (χ0) is 10.6. The normalized spacial score (nSPS) is 11.7. The van der Waals surface area contributed by atoms with Gasteiger partial charge in [-0.15, -0.1) is 0 Å². The van der Waals surface area contributed by atoms with Crippen molar-refractivity contribution in [3.63, 3.8) is 0 Å². The SMILES string of the molecule is Cc1ccc2c(c1C)=c1c(C)cccc1=2. The average molecular weight is 194 g/mol. The van der Waals surface area contributed by atoms with Gasteiger partial charge in [0.25, 0.3) is 0 Å². The first-order valence-corrected chi connectivity index (χ1v) is 5.40. The molecule has 0 fully saturated rings. The molecule has 0 N–H and O–H groups in total. The molecule has 0 saturated heterocycles. The van der Waals surface area contributed by atoms with Crippen LogP contribution in [-0.2, 0) is 0 Å². The molecule has 0 heteroatoms. The van der Waals surface area contributed by atoms with Gasteiger partial charge in [-0.3, -0.25) is 0 Å². The van der Waals surface area contributed by atoms with Crippen molar-refractivity contribution in [2.75, 3.05) is 0 Å². The van der Waals surface area contributed by atoms with Gasteiger partial charge in [-0.2, -0.15) is 0 Å². The molecule has 0 heterocycles. The van der Waals surface area contributed by atoms with E-state index in [9.17, 15) is 0 Å². The molecule has 74 valence electrons. The van der Waals surface area contributed by atoms with Crippen LogP contribution in [0.5, 0.6) is 0 Å². The summed E-state index contributed by atoms with van der Waals surface area (Å²) in [5.74, 6) is 0. The van der Waals surface area contributed by atoms with Crippen molar-refractivity contribution in [3.05, 3.63) is 67.9 Å². The maximum Gasteiger partial charge on any atom is -0.00643 e. The lowest BCUT2D eigenvalue weighted by molar-refractivity contribution is 1.17. The molecule has 0 nitrogen and oxygen atoms in total. The Bertz CT molecular complexity index is 737. The second kappa shape index (κ2) is 2.73. The van der Waals surface area contributed by atoms with Crippen molar-refractivity contribution in [1.82, 2.24) is 0 Å². The fourth-order valence-corrected chi connectivity index (χ4v) is 2.52. The number of benzene rings is 2. The Labute approximate surface area is 89.2 Å². The summed E-state index contributed by atoms with van der Waals surface area (Å²) < 4.78 is 0. The lowest BCUT2D eigenvalue weighted by Gasteiger charge is -2.11. The third kappa shape index (κ3) is 0.967. The maximum absolute atomic E-state index is 2.25. The largest absolute Gasteiger partial charge is 0.0613 e. The van der Waals surface area contributed by atoms with Crippen LogP contribution < -0.4 is 0 Å². The molecule has 0 spiro atoms. The summed E-state index contributed by atoms with van der Waals surface area (Å²) in [5.41, 5.74) is 4.23. The molecule has 1 aliphatic rings. The molecule has 2 aromatic carbocycles. The standard InChI is InChI=1S/C15H14/c1-9-7-8-13-12-6-4-5-10(2)14(12)15(13)11(9)3/h4-8H,1-3H3. The van der Waals surface area contributed by atoms with Crippen LogP contribution in [0.4, 0.5) is 0 Å². The Hall–Kier alpha value is -1.56. The Morgan fingerprint density at radius 2 is 1.40 bits per heavy atom. The Balaban J connectivity index is 2.70. The van der Waals surface area contributed by atoms with Crippen molar-refractivity contribution >= 4 is 0 Å². The Kier molecular flexibility index (Phi) is 1.59. The summed E-state index contributed by atoms with van der Waals surface area (Å²) in [7, 11) is 0. The average Bonchev–Trinajstić information content (AvgIpc) is 2.18. The van der Waals surface area contributed by atoms with E-state index in [0.29, 0.717) is 0 Å². The van der Waals surface area contributed by atoms with Crippen molar-refractivity contribution in [3.8, 4) is 0 Å². The molecule has 15 heavy (non-hydrogen) atoms. The number of hydrogen-bond donors (Lipinski definition) is 0. The van der Waals surface area contributed by atoms with Gasteiger partial charge in [-0.05, 0) is 58.3 Å². The zero-order valence-electron chi connectivity index (χ0n) is 9.39. The smallest absolute Gasteiger partial charge is 0.00643 e. The van der Waals surface area contributed by atoms with Crippen molar-refractivity contribution < 1.29 is 0 Å². The van der Waals surface area contributed by atoms with Crippen LogP contribution in [0.15, 0.2) is 30.3 Å². The summed E-state index contributed by atoms with van der Waals surface area (Å²) in [5, 5.41) is 5.79. The molecule has 0 aliphatic heterocycles. The minimum atomic E-state index is 1.39. The van der Waals surface area contributed by atoms with Gasteiger partial charge in [0.15, 0.2) is 0 Å². The lowest BCUT2D eigenvalue weighted by atomic mass is 9.93. The number of hydrogen-bond acceptors (Lipinski definition) is 0. The van der Waals surface area contributed by atoms with Gasteiger partial charge < -0.3 is 0 Å². The third-order valence-electron chi connectivity index (χ3n) is 3.55. The van der Waals surface area contributed by atoms with Crippen LogP contribution in [0, 0.1) is 41.6 Å². The molecule has 0 unspecified atom stereocenters. The second-order valence-corrected chi connectivity index (χ2v) is 4.43. The summed E-state index contributed by atoms with van der Waals surface area (Å²) in [4.78, 5) is 0. The van der Waals surface area contributed by atoms with Crippen molar-refractivity contribution in [1.29, 1.82) is 0 Å². The zero-order valence-corrected chi connectivity index (χ0v) is 9.39. The molecule has 0 aromatic heterocycles. The first-order valence-electron chi connectivity index (χ1n) is 5.40. The van der Waals surface area contributed by atoms with Gasteiger partial charge in [0.2, 0.25) is 0 Å². The van der Waals surface area contributed by atoms with E-state index >= 15 is 0 Å². The van der Waals surface area contributed by atoms with E-state index in [1.807, 2.05) is 0 Å². The summed E-state index contributed by atoms with van der Waals surface area (Å²) in [6, 6.07) is 11.0. The molecule has 3 rings (SSSR count). The molecular weight excluding hydrogens is 180 g/mol. The molecule has 2 aromatic rings. The van der Waals surface area contributed by atoms with E-state index in [-0.39, 0.29) is 0 Å². The minimum Gasteiger partial charge on any atom is -0.0613 e. The predicted octanol–water partition coefficient (Wildman–Crippen LogP) is 3.50. The summed E-state index contributed by atoms with van der Waals surface area (Å²) in [6.45, 7) is 6.61. The Morgan fingerprint density at radius 1 is 0.667 bits per heavy atom. The lowest BCUT2D eigenvalue weighted by Crippen LogP contribution is -1.98. The number of rotatable bonds is 0. The first kappa shape index (κ1) is 8.72. The van der Waals surface area contributed by atoms with E-state index in [1.165, 1.54) is 37.6 Å². The van der Waals surface area contributed by atoms with Gasteiger partial charge >= 0.3 is 0 Å². The number of fused-ring (bicyclic) bond motifs is 2. The van der Waals surface area contributed by atoms with E-state index < -0.39 is 0 Å². The van der Waals surface area contributed by atoms with Crippen LogP contribution in [0.1, 0.15) is 16.7 Å². The van der Waals surface area contributed by atoms with Crippen LogP contribution >= 0.6 is 0 Å². The first-order chi connectivity index (χ1) is 7.20. The topological polar surface area (TPSA) is 0 Å². The Morgan fingerprint density at radius 3 is 2.20 bits per heavy atom. The molecular formula is C15H14. The molecule has 0 radical (unpaired) electrons. The fourth-order valence-electron chi connectivity index (χ4n) is 2.52. The van der Waals surface area contributed by atoms with E-state index in [1.54, 1.807) is 0 Å². The van der Waals surface area contributed by atoms with Gasteiger partial charge in [0, 0.05) is 0 Å². The molecule has 1 aliphatic carbocycles. The van der Waals surface area contributed by atoms with Gasteiger partial charge in [0.1, 0.15) is 0 Å². The second-order valence-electron chi connectivity index (χ2n) is 4.43. The molecule has 0 saturated carbocycles. The summed E-state index contributed by atoms with van der Waals surface area (Å²) >= 11 is 0. The molecule has 0 atom stereocenters. The minimum absolute atomic E-state index is 1.39. The fraction of sp³-hybridized carbons (Fsp3) is 0.200. The van der Waals surface area contributed by atoms with E-state index in [0.717, 1.165) is 0 Å². The van der Waals surface area contributed by atoms with Crippen LogP contribution in [0.2, 0.25) is 0 Å². The van der Waals surface area contributed by atoms with Crippen molar-refractivity contribution in [2.24, 2.45) is 0 Å². The van der Waals surface area contributed by atoms with Crippen LogP contribution in [0.25, 0.3) is 0 Å². The van der Waals surface area contributed by atoms with E-state index in [2.05, 4.69) is 51.1 Å². The van der Waals surface area contributed by atoms with Crippen LogP contribution in [-0.4, -0.2) is 0 Å². The summed E-state index contributed by atoms with van der Waals surface area (Å²) in [6.07, 6.45) is 0. The highest BCUT2D eigenvalue weighted by Gasteiger charge is 2.07. The van der Waals surface area contributed by atoms with Gasteiger partial charge in [0.05, 0.1) is 0 Å². The number of aryl methyl sites for hydroxylation is 2. The highest BCUT2D eigenvalue weighted by atomic mass is 14.1. The van der Waals surface area contributed by atoms with Gasteiger partial charge in [-0.25, -0.2) is 0 Å². The monoisotopic (exact) mass is 194 g/mol. The third-order valence-corrected chi connectivity index (χ3v) is 3.55. The molecule has 0 amide bonds. The predicted molar refractivity (Wildman–Crippen MR) is 62.4 cm³/mol. The highest BCUT2D eigenvalue weighted by Crippen LogP contribution is 2.20. The van der Waals surface area contributed by atoms with Gasteiger partial charge in [-0.1, -0.05) is 30.3 Å². The molecule has 0 bridgehead atoms. The maximum atomic E-state index is 2.25. The van der Waals surface area contributed by atoms with Crippen molar-refractivity contribution in [2.45, 2.75) is 20.8 Å². The van der Waals surface area contributed by atoms with E-state index in [4.69, 9.17) is 0 Å². The quantitative estimate of drug-likeness (QED) is 0.514.